The Bertz CT molecular complexity index is 771. The number of esters is 1. The van der Waals surface area contributed by atoms with Crippen molar-refractivity contribution in [3.05, 3.63) is 71.8 Å². The van der Waals surface area contributed by atoms with Gasteiger partial charge in [-0.25, -0.2) is 4.79 Å². The average Bonchev–Trinajstić information content (AvgIpc) is 3.38. The Labute approximate surface area is 161 Å². The summed E-state index contributed by atoms with van der Waals surface area (Å²) in [6.45, 7) is 3.50. The number of rotatable bonds is 5. The minimum absolute atomic E-state index is 0.140. The molecule has 1 heterocycles. The first-order valence-electron chi connectivity index (χ1n) is 10.3. The Kier molecular flexibility index (Phi) is 4.48. The third-order valence-electron chi connectivity index (χ3n) is 7.08. The minimum Gasteiger partial charge on any atom is -0.458 e. The lowest BCUT2D eigenvalue weighted by Crippen LogP contribution is -2.31. The van der Waals surface area contributed by atoms with Gasteiger partial charge in [-0.2, -0.15) is 0 Å². The zero-order valence-corrected chi connectivity index (χ0v) is 15.7. The highest BCUT2D eigenvalue weighted by Crippen LogP contribution is 2.56. The van der Waals surface area contributed by atoms with Crippen LogP contribution < -0.4 is 0 Å². The number of likely N-dealkylation sites (tertiary alicyclic amines) is 1. The summed E-state index contributed by atoms with van der Waals surface area (Å²) >= 11 is 0. The highest BCUT2D eigenvalue weighted by atomic mass is 16.5. The monoisotopic (exact) mass is 361 g/mol. The predicted molar refractivity (Wildman–Crippen MR) is 105 cm³/mol. The molecule has 0 aromatic heterocycles. The highest BCUT2D eigenvalue weighted by molar-refractivity contribution is 5.89. The van der Waals surface area contributed by atoms with Crippen molar-refractivity contribution in [1.82, 2.24) is 4.90 Å². The Morgan fingerprint density at radius 2 is 1.44 bits per heavy atom. The van der Waals surface area contributed by atoms with Crippen molar-refractivity contribution in [2.75, 3.05) is 19.6 Å². The maximum atomic E-state index is 12.5. The molecule has 3 fully saturated rings. The van der Waals surface area contributed by atoms with Crippen molar-refractivity contribution in [2.24, 2.45) is 23.7 Å². The van der Waals surface area contributed by atoms with Crippen molar-refractivity contribution >= 4 is 5.97 Å². The molecule has 1 saturated heterocycles. The van der Waals surface area contributed by atoms with Crippen LogP contribution in [0.2, 0.25) is 0 Å². The first kappa shape index (κ1) is 17.0. The van der Waals surface area contributed by atoms with E-state index >= 15 is 0 Å². The SMILES string of the molecule is O=C(OC1[C@H]2CC[C@@H]1[C@@H]1CN(CCc3ccccc3)C[C@H]12)c1ccccc1. The van der Waals surface area contributed by atoms with Crippen molar-refractivity contribution in [2.45, 2.75) is 25.4 Å². The summed E-state index contributed by atoms with van der Waals surface area (Å²) in [5.74, 6) is 2.42. The molecule has 2 bridgehead atoms. The standard InChI is InChI=1S/C24H27NO2/c26-24(18-9-5-2-6-10-18)27-23-19-11-12-20(23)22-16-25(15-21(19)22)14-13-17-7-3-1-4-8-17/h1-10,19-23H,11-16H2/t19-,20+,21-,22-,23?/m0/s1. The number of nitrogens with zero attached hydrogens (tertiary/aromatic N) is 1. The van der Waals surface area contributed by atoms with Crippen LogP contribution in [0.3, 0.4) is 0 Å². The van der Waals surface area contributed by atoms with E-state index in [4.69, 9.17) is 4.74 Å². The van der Waals surface area contributed by atoms with E-state index in [2.05, 4.69) is 35.2 Å². The normalized spacial score (nSPS) is 31.8. The summed E-state index contributed by atoms with van der Waals surface area (Å²) in [5, 5.41) is 0. The van der Waals surface area contributed by atoms with Crippen molar-refractivity contribution in [3.8, 4) is 0 Å². The van der Waals surface area contributed by atoms with Gasteiger partial charge in [0.25, 0.3) is 0 Å². The average molecular weight is 361 g/mol. The van der Waals surface area contributed by atoms with E-state index in [0.717, 1.165) is 13.0 Å². The smallest absolute Gasteiger partial charge is 0.338 e. The van der Waals surface area contributed by atoms with Crippen LogP contribution >= 0.6 is 0 Å². The molecule has 2 aliphatic carbocycles. The molecule has 140 valence electrons. The Morgan fingerprint density at radius 1 is 0.852 bits per heavy atom. The molecule has 0 N–H and O–H groups in total. The van der Waals surface area contributed by atoms with Crippen molar-refractivity contribution in [3.63, 3.8) is 0 Å². The first-order chi connectivity index (χ1) is 13.3. The number of carbonyl (C=O) groups is 1. The van der Waals surface area contributed by atoms with Crippen molar-refractivity contribution in [1.29, 1.82) is 0 Å². The third kappa shape index (κ3) is 3.19. The topological polar surface area (TPSA) is 29.5 Å². The molecule has 0 amide bonds. The molecule has 0 radical (unpaired) electrons. The third-order valence-corrected chi connectivity index (χ3v) is 7.08. The summed E-state index contributed by atoms with van der Waals surface area (Å²) in [7, 11) is 0. The Hall–Kier alpha value is -2.13. The van der Waals surface area contributed by atoms with Crippen LogP contribution in [0, 0.1) is 23.7 Å². The number of ether oxygens (including phenoxy) is 1. The summed E-state index contributed by atoms with van der Waals surface area (Å²) in [6, 6.07) is 20.2. The second-order valence-electron chi connectivity index (χ2n) is 8.46. The molecule has 3 aliphatic rings. The largest absolute Gasteiger partial charge is 0.458 e. The van der Waals surface area contributed by atoms with Crippen LogP contribution in [0.15, 0.2) is 60.7 Å². The Morgan fingerprint density at radius 3 is 2.07 bits per heavy atom. The van der Waals surface area contributed by atoms with E-state index in [-0.39, 0.29) is 12.1 Å². The zero-order chi connectivity index (χ0) is 18.2. The molecule has 5 rings (SSSR count). The number of benzene rings is 2. The van der Waals surface area contributed by atoms with Crippen LogP contribution in [0.5, 0.6) is 0 Å². The van der Waals surface area contributed by atoms with Gasteiger partial charge in [0, 0.05) is 31.5 Å². The lowest BCUT2D eigenvalue weighted by molar-refractivity contribution is 0.0135. The fourth-order valence-electron chi connectivity index (χ4n) is 5.85. The number of carbonyl (C=O) groups excluding carboxylic acids is 1. The summed E-state index contributed by atoms with van der Waals surface area (Å²) in [5.41, 5.74) is 2.10. The highest BCUT2D eigenvalue weighted by Gasteiger charge is 2.58. The molecular weight excluding hydrogens is 334 g/mol. The molecular formula is C24H27NO2. The van der Waals surface area contributed by atoms with E-state index in [0.29, 0.717) is 29.2 Å². The van der Waals surface area contributed by atoms with E-state index in [1.807, 2.05) is 30.3 Å². The van der Waals surface area contributed by atoms with Gasteiger partial charge in [-0.1, -0.05) is 48.5 Å². The van der Waals surface area contributed by atoms with Crippen LogP contribution in [0.25, 0.3) is 0 Å². The van der Waals surface area contributed by atoms with Crippen LogP contribution in [-0.2, 0) is 11.2 Å². The summed E-state index contributed by atoms with van der Waals surface area (Å²) < 4.78 is 6.03. The number of hydrogen-bond donors (Lipinski definition) is 0. The van der Waals surface area contributed by atoms with Gasteiger partial charge >= 0.3 is 5.97 Å². The molecule has 5 atom stereocenters. The number of hydrogen-bond acceptors (Lipinski definition) is 3. The Balaban J connectivity index is 1.20. The molecule has 2 aromatic rings. The van der Waals surface area contributed by atoms with Crippen LogP contribution in [0.1, 0.15) is 28.8 Å². The zero-order valence-electron chi connectivity index (χ0n) is 15.7. The maximum absolute atomic E-state index is 12.5. The predicted octanol–water partition coefficient (Wildman–Crippen LogP) is 4.04. The van der Waals surface area contributed by atoms with Gasteiger partial charge in [0.1, 0.15) is 6.10 Å². The van der Waals surface area contributed by atoms with Gasteiger partial charge in [-0.05, 0) is 48.8 Å². The van der Waals surface area contributed by atoms with Crippen LogP contribution in [-0.4, -0.2) is 36.6 Å². The molecule has 3 nitrogen and oxygen atoms in total. The molecule has 3 heteroatoms. The molecule has 1 unspecified atom stereocenters. The van der Waals surface area contributed by atoms with Gasteiger partial charge in [-0.15, -0.1) is 0 Å². The maximum Gasteiger partial charge on any atom is 0.338 e. The van der Waals surface area contributed by atoms with E-state index < -0.39 is 0 Å². The molecule has 2 saturated carbocycles. The van der Waals surface area contributed by atoms with Gasteiger partial charge in [-0.3, -0.25) is 0 Å². The second kappa shape index (κ2) is 7.12. The fraction of sp³-hybridized carbons (Fsp3) is 0.458. The minimum atomic E-state index is -0.140. The molecule has 0 spiro atoms. The molecule has 1 aliphatic heterocycles. The fourth-order valence-corrected chi connectivity index (χ4v) is 5.85. The van der Waals surface area contributed by atoms with Gasteiger partial charge in [0.15, 0.2) is 0 Å². The van der Waals surface area contributed by atoms with Crippen LogP contribution in [0.4, 0.5) is 0 Å². The lowest BCUT2D eigenvalue weighted by atomic mass is 9.82. The summed E-state index contributed by atoms with van der Waals surface area (Å²) in [6.07, 6.45) is 3.72. The van der Waals surface area contributed by atoms with Crippen molar-refractivity contribution < 1.29 is 9.53 Å². The molecule has 2 aromatic carbocycles. The van der Waals surface area contributed by atoms with E-state index in [9.17, 15) is 4.79 Å². The lowest BCUT2D eigenvalue weighted by Gasteiger charge is -2.23. The van der Waals surface area contributed by atoms with Gasteiger partial charge < -0.3 is 9.64 Å². The first-order valence-corrected chi connectivity index (χ1v) is 10.3. The van der Waals surface area contributed by atoms with E-state index in [1.165, 1.54) is 31.5 Å². The van der Waals surface area contributed by atoms with Gasteiger partial charge in [0.05, 0.1) is 5.56 Å². The number of fused-ring (bicyclic) bond motifs is 5. The van der Waals surface area contributed by atoms with Gasteiger partial charge in [0.2, 0.25) is 0 Å². The quantitative estimate of drug-likeness (QED) is 0.753. The summed E-state index contributed by atoms with van der Waals surface area (Å²) in [4.78, 5) is 15.2. The van der Waals surface area contributed by atoms with E-state index in [1.54, 1.807) is 0 Å². The molecule has 27 heavy (non-hydrogen) atoms. The second-order valence-corrected chi connectivity index (χ2v) is 8.46.